The highest BCUT2D eigenvalue weighted by atomic mass is 32.2. The second-order valence-corrected chi connectivity index (χ2v) is 5.45. The first-order valence-corrected chi connectivity index (χ1v) is 6.72. The van der Waals surface area contributed by atoms with Crippen molar-refractivity contribution in [2.24, 2.45) is 5.16 Å². The van der Waals surface area contributed by atoms with Crippen LogP contribution in [0.3, 0.4) is 0 Å². The van der Waals surface area contributed by atoms with Crippen LogP contribution in [-0.4, -0.2) is 18.7 Å². The zero-order valence-corrected chi connectivity index (χ0v) is 10.2. The molecule has 0 aliphatic heterocycles. The van der Waals surface area contributed by atoms with E-state index >= 15 is 0 Å². The normalized spacial score (nSPS) is 12.3. The summed E-state index contributed by atoms with van der Waals surface area (Å²) in [5.74, 6) is 0. The molecule has 0 saturated heterocycles. The summed E-state index contributed by atoms with van der Waals surface area (Å²) in [5, 5.41) is 11.6. The van der Waals surface area contributed by atoms with E-state index in [-0.39, 0.29) is 9.94 Å². The third kappa shape index (κ3) is 2.26. The summed E-state index contributed by atoms with van der Waals surface area (Å²) in [7, 11) is -3.80. The van der Waals surface area contributed by atoms with Gasteiger partial charge in [0.1, 0.15) is 0 Å². The van der Waals surface area contributed by atoms with Gasteiger partial charge >= 0.3 is 0 Å². The van der Waals surface area contributed by atoms with Crippen LogP contribution in [0.5, 0.6) is 0 Å². The number of oxime groups is 1. The van der Waals surface area contributed by atoms with Crippen molar-refractivity contribution < 1.29 is 13.6 Å². The molecule has 2 aromatic rings. The first kappa shape index (κ1) is 12.3. The molecular formula is C13H11NO3S. The molecule has 18 heavy (non-hydrogen) atoms. The van der Waals surface area contributed by atoms with Crippen LogP contribution in [0, 0.1) is 0 Å². The molecule has 1 N–H and O–H groups in total. The van der Waals surface area contributed by atoms with Crippen LogP contribution >= 0.6 is 0 Å². The summed E-state index contributed by atoms with van der Waals surface area (Å²) in [5.41, 5.74) is 0.351. The molecule has 5 heteroatoms. The first-order valence-electron chi connectivity index (χ1n) is 5.24. The monoisotopic (exact) mass is 261 g/mol. The standard InChI is InChI=1S/C13H11NO3S/c15-14-13(11-7-3-1-4-8-11)18(16,17)12-9-5-2-6-10-12/h1-10,15H/b14-13+. The lowest BCUT2D eigenvalue weighted by atomic mass is 10.2. The Hall–Kier alpha value is -2.14. The quantitative estimate of drug-likeness (QED) is 0.390. The second kappa shape index (κ2) is 5.01. The van der Waals surface area contributed by atoms with Gasteiger partial charge in [0.25, 0.3) is 0 Å². The van der Waals surface area contributed by atoms with Gasteiger partial charge in [-0.25, -0.2) is 8.42 Å². The Morgan fingerprint density at radius 2 is 1.39 bits per heavy atom. The summed E-state index contributed by atoms with van der Waals surface area (Å²) in [6.07, 6.45) is 0. The van der Waals surface area contributed by atoms with Crippen molar-refractivity contribution in [2.45, 2.75) is 4.90 Å². The molecule has 0 amide bonds. The Kier molecular flexibility index (Phi) is 3.43. The van der Waals surface area contributed by atoms with Crippen molar-refractivity contribution >= 4 is 14.9 Å². The van der Waals surface area contributed by atoms with E-state index in [9.17, 15) is 8.42 Å². The minimum absolute atomic E-state index is 0.0988. The summed E-state index contributed by atoms with van der Waals surface area (Å²) in [4.78, 5) is 0.0988. The number of benzene rings is 2. The zero-order valence-electron chi connectivity index (χ0n) is 9.39. The van der Waals surface area contributed by atoms with Crippen LogP contribution in [0.25, 0.3) is 0 Å². The van der Waals surface area contributed by atoms with Crippen molar-refractivity contribution in [3.8, 4) is 0 Å². The van der Waals surface area contributed by atoms with Crippen LogP contribution in [0.15, 0.2) is 70.7 Å². The number of sulfone groups is 1. The lowest BCUT2D eigenvalue weighted by molar-refractivity contribution is 0.320. The SMILES string of the molecule is O=S(=O)(/C(=N/O)c1ccccc1)c1ccccc1. The molecular weight excluding hydrogens is 250 g/mol. The average molecular weight is 261 g/mol. The van der Waals surface area contributed by atoms with Gasteiger partial charge in [0.05, 0.1) is 4.90 Å². The largest absolute Gasteiger partial charge is 0.410 e. The van der Waals surface area contributed by atoms with Crippen LogP contribution in [0.1, 0.15) is 5.56 Å². The molecule has 0 bridgehead atoms. The maximum Gasteiger partial charge on any atom is 0.227 e. The van der Waals surface area contributed by atoms with Gasteiger partial charge in [0.15, 0.2) is 0 Å². The molecule has 0 aliphatic rings. The lowest BCUT2D eigenvalue weighted by Gasteiger charge is -2.06. The molecule has 2 aromatic carbocycles. The van der Waals surface area contributed by atoms with E-state index in [1.54, 1.807) is 48.5 Å². The summed E-state index contributed by atoms with van der Waals surface area (Å²) < 4.78 is 24.5. The average Bonchev–Trinajstić information content (AvgIpc) is 2.41. The molecule has 0 radical (unpaired) electrons. The Balaban J connectivity index is 2.54. The second-order valence-electron chi connectivity index (χ2n) is 3.59. The molecule has 0 aliphatic carbocycles. The van der Waals surface area contributed by atoms with E-state index < -0.39 is 9.84 Å². The van der Waals surface area contributed by atoms with E-state index in [4.69, 9.17) is 5.21 Å². The highest BCUT2D eigenvalue weighted by Gasteiger charge is 2.24. The van der Waals surface area contributed by atoms with Gasteiger partial charge in [-0.1, -0.05) is 53.7 Å². The highest BCUT2D eigenvalue weighted by molar-refractivity contribution is 8.07. The summed E-state index contributed by atoms with van der Waals surface area (Å²) in [6, 6.07) is 16.2. The van der Waals surface area contributed by atoms with Crippen molar-refractivity contribution in [3.05, 3.63) is 66.2 Å². The fourth-order valence-corrected chi connectivity index (χ4v) is 2.85. The van der Waals surface area contributed by atoms with E-state index in [0.717, 1.165) is 0 Å². The summed E-state index contributed by atoms with van der Waals surface area (Å²) in [6.45, 7) is 0. The van der Waals surface area contributed by atoms with Crippen molar-refractivity contribution in [1.29, 1.82) is 0 Å². The van der Waals surface area contributed by atoms with E-state index in [1.807, 2.05) is 0 Å². The molecule has 92 valence electrons. The maximum absolute atomic E-state index is 12.3. The van der Waals surface area contributed by atoms with Crippen LogP contribution in [0.2, 0.25) is 0 Å². The molecule has 4 nitrogen and oxygen atoms in total. The van der Waals surface area contributed by atoms with Gasteiger partial charge < -0.3 is 5.21 Å². The van der Waals surface area contributed by atoms with Crippen LogP contribution in [0.4, 0.5) is 0 Å². The third-order valence-corrected chi connectivity index (χ3v) is 4.14. The third-order valence-electron chi connectivity index (χ3n) is 2.42. The van der Waals surface area contributed by atoms with Crippen LogP contribution in [-0.2, 0) is 9.84 Å². The number of hydrogen-bond acceptors (Lipinski definition) is 4. The van der Waals surface area contributed by atoms with Crippen LogP contribution < -0.4 is 0 Å². The topological polar surface area (TPSA) is 66.7 Å². The molecule has 0 aromatic heterocycles. The number of rotatable bonds is 2. The van der Waals surface area contributed by atoms with Gasteiger partial charge in [-0.3, -0.25) is 0 Å². The molecule has 0 atom stereocenters. The van der Waals surface area contributed by atoms with Crippen molar-refractivity contribution in [1.82, 2.24) is 0 Å². The summed E-state index contributed by atoms with van der Waals surface area (Å²) >= 11 is 0. The molecule has 0 unspecified atom stereocenters. The smallest absolute Gasteiger partial charge is 0.227 e. The van der Waals surface area contributed by atoms with Gasteiger partial charge in [-0.2, -0.15) is 0 Å². The van der Waals surface area contributed by atoms with E-state index in [1.165, 1.54) is 12.1 Å². The molecule has 0 spiro atoms. The molecule has 0 fully saturated rings. The fourth-order valence-electron chi connectivity index (χ4n) is 1.56. The zero-order chi connectivity index (χ0) is 13.0. The minimum Gasteiger partial charge on any atom is -0.410 e. The molecule has 0 saturated carbocycles. The van der Waals surface area contributed by atoms with Gasteiger partial charge in [0, 0.05) is 5.56 Å². The van der Waals surface area contributed by atoms with Crippen molar-refractivity contribution in [2.75, 3.05) is 0 Å². The Bertz CT molecular complexity index is 649. The van der Waals surface area contributed by atoms with Gasteiger partial charge in [-0.15, -0.1) is 0 Å². The maximum atomic E-state index is 12.3. The van der Waals surface area contributed by atoms with Gasteiger partial charge in [-0.05, 0) is 12.1 Å². The van der Waals surface area contributed by atoms with Crippen molar-refractivity contribution in [3.63, 3.8) is 0 Å². The Morgan fingerprint density at radius 1 is 0.889 bits per heavy atom. The predicted octanol–water partition coefficient (Wildman–Crippen LogP) is 2.30. The van der Waals surface area contributed by atoms with E-state index in [2.05, 4.69) is 5.16 Å². The van der Waals surface area contributed by atoms with Gasteiger partial charge in [0.2, 0.25) is 14.9 Å². The molecule has 0 heterocycles. The highest BCUT2D eigenvalue weighted by Crippen LogP contribution is 2.16. The molecule has 2 rings (SSSR count). The fraction of sp³-hybridized carbons (Fsp3) is 0. The predicted molar refractivity (Wildman–Crippen MR) is 68.4 cm³/mol. The first-order chi connectivity index (χ1) is 8.66. The minimum atomic E-state index is -3.80. The lowest BCUT2D eigenvalue weighted by Crippen LogP contribution is -2.16. The number of nitrogens with zero attached hydrogens (tertiary/aromatic N) is 1. The Morgan fingerprint density at radius 3 is 1.89 bits per heavy atom. The van der Waals surface area contributed by atoms with E-state index in [0.29, 0.717) is 5.56 Å². The Labute approximate surface area is 105 Å². The number of hydrogen-bond donors (Lipinski definition) is 1.